The van der Waals surface area contributed by atoms with Crippen LogP contribution in [0.15, 0.2) is 41.1 Å². The van der Waals surface area contributed by atoms with Gasteiger partial charge in [-0.2, -0.15) is 10.1 Å². The van der Waals surface area contributed by atoms with E-state index in [9.17, 15) is 0 Å². The van der Waals surface area contributed by atoms with Crippen molar-refractivity contribution in [3.05, 3.63) is 36.5 Å². The van der Waals surface area contributed by atoms with Crippen molar-refractivity contribution < 1.29 is 4.52 Å². The van der Waals surface area contributed by atoms with Gasteiger partial charge in [-0.3, -0.25) is 5.10 Å². The number of nitrogens with zero attached hydrogens (tertiary/aromatic N) is 4. The molecule has 0 amide bonds. The average molecular weight is 255 g/mol. The van der Waals surface area contributed by atoms with Gasteiger partial charge in [0.2, 0.25) is 5.82 Å². The normalized spacial score (nSPS) is 10.6. The fraction of sp³-hybridized carbons (Fsp3) is 0.154. The number of hydrogen-bond donors (Lipinski definition) is 1. The second-order valence-electron chi connectivity index (χ2n) is 4.33. The Kier molecular flexibility index (Phi) is 2.75. The summed E-state index contributed by atoms with van der Waals surface area (Å²) < 4.78 is 5.20. The molecule has 6 nitrogen and oxygen atoms in total. The molecule has 19 heavy (non-hydrogen) atoms. The Morgan fingerprint density at radius 3 is 2.53 bits per heavy atom. The zero-order chi connectivity index (χ0) is 13.2. The van der Waals surface area contributed by atoms with Gasteiger partial charge in [-0.15, -0.1) is 0 Å². The molecule has 0 unspecified atom stereocenters. The number of anilines is 1. The molecule has 0 saturated heterocycles. The highest BCUT2D eigenvalue weighted by Gasteiger charge is 2.11. The van der Waals surface area contributed by atoms with Crippen LogP contribution in [0.4, 0.5) is 5.69 Å². The maximum Gasteiger partial charge on any atom is 0.276 e. The van der Waals surface area contributed by atoms with Gasteiger partial charge in [-0.25, -0.2) is 0 Å². The maximum atomic E-state index is 5.20. The van der Waals surface area contributed by atoms with Crippen LogP contribution >= 0.6 is 0 Å². The first kappa shape index (κ1) is 11.5. The predicted octanol–water partition coefficient (Wildman–Crippen LogP) is 2.19. The minimum atomic E-state index is 0.434. The summed E-state index contributed by atoms with van der Waals surface area (Å²) in [4.78, 5) is 6.37. The summed E-state index contributed by atoms with van der Waals surface area (Å²) in [6.07, 6.45) is 1.64. The van der Waals surface area contributed by atoms with Crippen LogP contribution in [-0.2, 0) is 0 Å². The van der Waals surface area contributed by atoms with Gasteiger partial charge in [-0.05, 0) is 30.3 Å². The summed E-state index contributed by atoms with van der Waals surface area (Å²) in [5.74, 6) is 0.999. The van der Waals surface area contributed by atoms with Crippen LogP contribution in [-0.4, -0.2) is 34.4 Å². The molecule has 1 N–H and O–H groups in total. The highest BCUT2D eigenvalue weighted by Crippen LogP contribution is 2.22. The van der Waals surface area contributed by atoms with Gasteiger partial charge < -0.3 is 9.42 Å². The molecule has 6 heteroatoms. The SMILES string of the molecule is CN(C)c1ccc(-c2noc(-c3ccn[nH]3)n2)cc1. The molecule has 0 aliphatic rings. The van der Waals surface area contributed by atoms with E-state index in [-0.39, 0.29) is 0 Å². The van der Waals surface area contributed by atoms with Crippen molar-refractivity contribution in [2.24, 2.45) is 0 Å². The number of nitrogens with one attached hydrogen (secondary N) is 1. The van der Waals surface area contributed by atoms with Crippen LogP contribution in [0, 0.1) is 0 Å². The Bertz CT molecular complexity index is 655. The molecule has 0 aliphatic heterocycles. The first-order valence-electron chi connectivity index (χ1n) is 5.85. The van der Waals surface area contributed by atoms with Gasteiger partial charge in [0.1, 0.15) is 5.69 Å². The van der Waals surface area contributed by atoms with E-state index in [0.29, 0.717) is 17.4 Å². The summed E-state index contributed by atoms with van der Waals surface area (Å²) in [6.45, 7) is 0. The molecule has 96 valence electrons. The van der Waals surface area contributed by atoms with Gasteiger partial charge in [0.15, 0.2) is 0 Å². The van der Waals surface area contributed by atoms with Crippen molar-refractivity contribution in [2.45, 2.75) is 0 Å². The third-order valence-electron chi connectivity index (χ3n) is 2.80. The molecule has 0 radical (unpaired) electrons. The van der Waals surface area contributed by atoms with Crippen molar-refractivity contribution in [2.75, 3.05) is 19.0 Å². The van der Waals surface area contributed by atoms with Gasteiger partial charge in [0.25, 0.3) is 5.89 Å². The lowest BCUT2D eigenvalue weighted by Gasteiger charge is -2.11. The lowest BCUT2D eigenvalue weighted by atomic mass is 10.2. The lowest BCUT2D eigenvalue weighted by Crippen LogP contribution is -2.07. The van der Waals surface area contributed by atoms with Crippen molar-refractivity contribution in [1.29, 1.82) is 0 Å². The molecule has 2 aromatic heterocycles. The van der Waals surface area contributed by atoms with Crippen LogP contribution in [0.2, 0.25) is 0 Å². The van der Waals surface area contributed by atoms with E-state index in [1.165, 1.54) is 0 Å². The van der Waals surface area contributed by atoms with Gasteiger partial charge in [0.05, 0.1) is 0 Å². The summed E-state index contributed by atoms with van der Waals surface area (Å²) in [5.41, 5.74) is 2.75. The number of rotatable bonds is 3. The molecular formula is C13H13N5O. The number of benzene rings is 1. The van der Waals surface area contributed by atoms with Crippen LogP contribution in [0.5, 0.6) is 0 Å². The first-order valence-corrected chi connectivity index (χ1v) is 5.85. The fourth-order valence-corrected chi connectivity index (χ4v) is 1.73. The highest BCUT2D eigenvalue weighted by molar-refractivity contribution is 5.61. The molecule has 3 aromatic rings. The third kappa shape index (κ3) is 2.20. The van der Waals surface area contributed by atoms with Gasteiger partial charge >= 0.3 is 0 Å². The van der Waals surface area contributed by atoms with E-state index >= 15 is 0 Å². The topological polar surface area (TPSA) is 70.8 Å². The van der Waals surface area contributed by atoms with Gasteiger partial charge in [0, 0.05) is 31.5 Å². The van der Waals surface area contributed by atoms with Crippen molar-refractivity contribution >= 4 is 5.69 Å². The monoisotopic (exact) mass is 255 g/mol. The Balaban J connectivity index is 1.90. The third-order valence-corrected chi connectivity index (χ3v) is 2.80. The average Bonchev–Trinajstić information content (AvgIpc) is 3.10. The summed E-state index contributed by atoms with van der Waals surface area (Å²) in [7, 11) is 4.00. The Morgan fingerprint density at radius 2 is 1.89 bits per heavy atom. The van der Waals surface area contributed by atoms with Crippen LogP contribution in [0.1, 0.15) is 0 Å². The molecule has 0 atom stereocenters. The highest BCUT2D eigenvalue weighted by atomic mass is 16.5. The summed E-state index contributed by atoms with van der Waals surface area (Å²) >= 11 is 0. The maximum absolute atomic E-state index is 5.20. The van der Waals surface area contributed by atoms with Crippen LogP contribution in [0.3, 0.4) is 0 Å². The molecule has 0 fully saturated rings. The quantitative estimate of drug-likeness (QED) is 0.776. The smallest absolute Gasteiger partial charge is 0.276 e. The second-order valence-corrected chi connectivity index (χ2v) is 4.33. The van der Waals surface area contributed by atoms with Gasteiger partial charge in [-0.1, -0.05) is 5.16 Å². The summed E-state index contributed by atoms with van der Waals surface area (Å²) in [5, 5.41) is 10.6. The molecule has 1 aromatic carbocycles. The lowest BCUT2D eigenvalue weighted by molar-refractivity contribution is 0.431. The summed E-state index contributed by atoms with van der Waals surface area (Å²) in [6, 6.07) is 9.75. The molecule has 3 rings (SSSR count). The molecule has 0 spiro atoms. The number of aromatic amines is 1. The van der Waals surface area contributed by atoms with Crippen molar-refractivity contribution in [3.8, 4) is 23.0 Å². The van der Waals surface area contributed by atoms with E-state index in [4.69, 9.17) is 4.52 Å². The van der Waals surface area contributed by atoms with E-state index < -0.39 is 0 Å². The largest absolute Gasteiger partial charge is 0.378 e. The molecule has 2 heterocycles. The Hall–Kier alpha value is -2.63. The predicted molar refractivity (Wildman–Crippen MR) is 71.6 cm³/mol. The van der Waals surface area contributed by atoms with Crippen LogP contribution < -0.4 is 4.90 Å². The number of H-pyrrole nitrogens is 1. The van der Waals surface area contributed by atoms with E-state index in [0.717, 1.165) is 11.3 Å². The molecule has 0 aliphatic carbocycles. The van der Waals surface area contributed by atoms with E-state index in [1.807, 2.05) is 43.3 Å². The fourth-order valence-electron chi connectivity index (χ4n) is 1.73. The Morgan fingerprint density at radius 1 is 1.11 bits per heavy atom. The molecule has 0 bridgehead atoms. The standard InChI is InChI=1S/C13H13N5O/c1-18(2)10-5-3-9(4-6-10)12-15-13(19-17-12)11-7-8-14-16-11/h3-8H,1-2H3,(H,14,16). The van der Waals surface area contributed by atoms with Crippen LogP contribution in [0.25, 0.3) is 23.0 Å². The minimum Gasteiger partial charge on any atom is -0.378 e. The van der Waals surface area contributed by atoms with E-state index in [1.54, 1.807) is 12.3 Å². The molecular weight excluding hydrogens is 242 g/mol. The van der Waals surface area contributed by atoms with Crippen molar-refractivity contribution in [1.82, 2.24) is 20.3 Å². The Labute approximate surface area is 110 Å². The second kappa shape index (κ2) is 4.56. The zero-order valence-electron chi connectivity index (χ0n) is 10.7. The number of hydrogen-bond acceptors (Lipinski definition) is 5. The van der Waals surface area contributed by atoms with E-state index in [2.05, 4.69) is 20.3 Å². The first-order chi connectivity index (χ1) is 9.24. The number of aromatic nitrogens is 4. The van der Waals surface area contributed by atoms with Crippen molar-refractivity contribution in [3.63, 3.8) is 0 Å². The minimum absolute atomic E-state index is 0.434. The molecule has 0 saturated carbocycles. The zero-order valence-corrected chi connectivity index (χ0v) is 10.7.